The van der Waals surface area contributed by atoms with Crippen molar-refractivity contribution in [2.75, 3.05) is 6.61 Å². The molecule has 0 aliphatic carbocycles. The van der Waals surface area contributed by atoms with Crippen LogP contribution < -0.4 is 5.32 Å². The number of halogens is 2. The van der Waals surface area contributed by atoms with Gasteiger partial charge in [0.25, 0.3) is 0 Å². The van der Waals surface area contributed by atoms with Crippen molar-refractivity contribution in [2.45, 2.75) is 31.0 Å². The van der Waals surface area contributed by atoms with Gasteiger partial charge in [-0.05, 0) is 5.92 Å². The zero-order chi connectivity index (χ0) is 8.43. The van der Waals surface area contributed by atoms with Gasteiger partial charge in [0.2, 0.25) is 0 Å². The molecule has 0 spiro atoms. The Hall–Kier alpha value is 0.500. The van der Waals surface area contributed by atoms with E-state index in [0.29, 0.717) is 12.5 Å². The molecule has 1 saturated heterocycles. The van der Waals surface area contributed by atoms with Crippen molar-refractivity contribution in [2.24, 2.45) is 5.92 Å². The molecule has 1 aliphatic rings. The molecule has 0 N–H and O–H groups in total. The minimum absolute atomic E-state index is 0.0201. The fourth-order valence-electron chi connectivity index (χ4n) is 1.06. The number of hydrogen-bond donors (Lipinski definition) is 0. The summed E-state index contributed by atoms with van der Waals surface area (Å²) < 4.78 is 5.41. The molecule has 11 heavy (non-hydrogen) atoms. The molecule has 1 aliphatic heterocycles. The maximum atomic E-state index is 5.90. The van der Waals surface area contributed by atoms with Gasteiger partial charge in [-0.15, -0.1) is 23.2 Å². The van der Waals surface area contributed by atoms with Gasteiger partial charge in [-0.3, -0.25) is 0 Å². The summed E-state index contributed by atoms with van der Waals surface area (Å²) in [7, 11) is 0. The molecule has 3 atom stereocenters. The van der Waals surface area contributed by atoms with Gasteiger partial charge in [-0.2, -0.15) is 5.32 Å². The molecule has 3 unspecified atom stereocenters. The largest absolute Gasteiger partial charge is 0.372 e. The standard InChI is InChI=1S/C7H12Cl2NO/c1-4(2)6-7(9)10-5(8)3-11-6/h4-7H,3H2,1-2H3. The Kier molecular flexibility index (Phi) is 3.44. The molecule has 0 aromatic rings. The highest BCUT2D eigenvalue weighted by atomic mass is 35.5. The quantitative estimate of drug-likeness (QED) is 0.464. The second-order valence-corrected chi connectivity index (χ2v) is 3.95. The van der Waals surface area contributed by atoms with E-state index in [1.165, 1.54) is 0 Å². The Bertz CT molecular complexity index is 132. The van der Waals surface area contributed by atoms with Crippen molar-refractivity contribution >= 4 is 23.2 Å². The number of rotatable bonds is 1. The van der Waals surface area contributed by atoms with E-state index in [-0.39, 0.29) is 17.1 Å². The lowest BCUT2D eigenvalue weighted by molar-refractivity contribution is -0.0194. The average molecular weight is 197 g/mol. The van der Waals surface area contributed by atoms with E-state index in [9.17, 15) is 0 Å². The van der Waals surface area contributed by atoms with Crippen molar-refractivity contribution in [3.8, 4) is 0 Å². The molecule has 65 valence electrons. The Balaban J connectivity index is 2.44. The highest BCUT2D eigenvalue weighted by Crippen LogP contribution is 2.21. The summed E-state index contributed by atoms with van der Waals surface area (Å²) in [5.74, 6) is 0.394. The maximum Gasteiger partial charge on any atom is 0.127 e. The van der Waals surface area contributed by atoms with E-state index in [4.69, 9.17) is 27.9 Å². The Morgan fingerprint density at radius 1 is 1.45 bits per heavy atom. The van der Waals surface area contributed by atoms with Gasteiger partial charge in [0, 0.05) is 0 Å². The van der Waals surface area contributed by atoms with Crippen molar-refractivity contribution in [3.63, 3.8) is 0 Å². The van der Waals surface area contributed by atoms with E-state index in [1.54, 1.807) is 0 Å². The van der Waals surface area contributed by atoms with Gasteiger partial charge in [-0.1, -0.05) is 13.8 Å². The van der Waals surface area contributed by atoms with E-state index in [0.717, 1.165) is 0 Å². The van der Waals surface area contributed by atoms with Crippen LogP contribution in [0.3, 0.4) is 0 Å². The second-order valence-electron chi connectivity index (χ2n) is 3.00. The van der Waals surface area contributed by atoms with Crippen LogP contribution in [0.25, 0.3) is 0 Å². The predicted octanol–water partition coefficient (Wildman–Crippen LogP) is 1.78. The topological polar surface area (TPSA) is 23.3 Å². The maximum absolute atomic E-state index is 5.90. The molecule has 0 aromatic heterocycles. The lowest BCUT2D eigenvalue weighted by Gasteiger charge is -2.32. The van der Waals surface area contributed by atoms with Crippen LogP contribution in [0.5, 0.6) is 0 Å². The number of morpholine rings is 1. The van der Waals surface area contributed by atoms with Gasteiger partial charge in [0.1, 0.15) is 11.0 Å². The average Bonchev–Trinajstić information content (AvgIpc) is 1.85. The summed E-state index contributed by atoms with van der Waals surface area (Å²) in [4.78, 5) is 0. The monoisotopic (exact) mass is 196 g/mol. The molecule has 1 radical (unpaired) electrons. The molecule has 0 bridgehead atoms. The second kappa shape index (κ2) is 3.94. The third kappa shape index (κ3) is 2.48. The van der Waals surface area contributed by atoms with Crippen molar-refractivity contribution in [3.05, 3.63) is 0 Å². The van der Waals surface area contributed by atoms with Crippen LogP contribution in [-0.4, -0.2) is 23.7 Å². The molecular weight excluding hydrogens is 185 g/mol. The van der Waals surface area contributed by atoms with Gasteiger partial charge in [0.05, 0.1) is 12.7 Å². The predicted molar refractivity (Wildman–Crippen MR) is 46.0 cm³/mol. The zero-order valence-electron chi connectivity index (χ0n) is 6.63. The fraction of sp³-hybridized carbons (Fsp3) is 1.00. The SMILES string of the molecule is CC(C)C1OCC(Cl)[N]C1Cl. The summed E-state index contributed by atoms with van der Waals surface area (Å²) in [6.45, 7) is 4.60. The van der Waals surface area contributed by atoms with Crippen LogP contribution in [0.15, 0.2) is 0 Å². The first kappa shape index (κ1) is 9.59. The molecule has 2 nitrogen and oxygen atoms in total. The van der Waals surface area contributed by atoms with Gasteiger partial charge in [-0.25, -0.2) is 0 Å². The molecular formula is C7H12Cl2NO. The Labute approximate surface area is 77.2 Å². The first-order valence-electron chi connectivity index (χ1n) is 3.71. The van der Waals surface area contributed by atoms with Crippen LogP contribution in [0, 0.1) is 5.92 Å². The highest BCUT2D eigenvalue weighted by Gasteiger charge is 2.31. The molecule has 0 saturated carbocycles. The number of hydrogen-bond acceptors (Lipinski definition) is 1. The minimum atomic E-state index is -0.286. The molecule has 4 heteroatoms. The number of ether oxygens (including phenoxy) is 1. The van der Waals surface area contributed by atoms with Crippen LogP contribution in [0.2, 0.25) is 0 Å². The molecule has 1 fully saturated rings. The first-order valence-corrected chi connectivity index (χ1v) is 4.58. The lowest BCUT2D eigenvalue weighted by Crippen LogP contribution is -2.46. The third-order valence-electron chi connectivity index (χ3n) is 1.66. The van der Waals surface area contributed by atoms with Crippen LogP contribution in [-0.2, 0) is 4.74 Å². The van der Waals surface area contributed by atoms with Gasteiger partial charge >= 0.3 is 0 Å². The zero-order valence-corrected chi connectivity index (χ0v) is 8.14. The summed E-state index contributed by atoms with van der Waals surface area (Å²) in [6.07, 6.45) is 0.0201. The van der Waals surface area contributed by atoms with Crippen molar-refractivity contribution in [1.82, 2.24) is 5.32 Å². The minimum Gasteiger partial charge on any atom is -0.372 e. The Morgan fingerprint density at radius 2 is 2.09 bits per heavy atom. The van der Waals surface area contributed by atoms with E-state index >= 15 is 0 Å². The summed E-state index contributed by atoms with van der Waals surface area (Å²) in [5.41, 5.74) is -0.557. The molecule has 0 aromatic carbocycles. The molecule has 1 heterocycles. The normalized spacial score (nSPS) is 39.5. The lowest BCUT2D eigenvalue weighted by atomic mass is 10.1. The van der Waals surface area contributed by atoms with Crippen molar-refractivity contribution < 1.29 is 4.74 Å². The summed E-state index contributed by atoms with van der Waals surface area (Å²) in [5, 5.41) is 4.09. The fourth-order valence-corrected chi connectivity index (χ4v) is 1.81. The van der Waals surface area contributed by atoms with Crippen molar-refractivity contribution in [1.29, 1.82) is 0 Å². The molecule has 0 amide bonds. The number of nitrogens with zero attached hydrogens (tertiary/aromatic N) is 1. The first-order chi connectivity index (χ1) is 5.11. The molecule has 1 rings (SSSR count). The van der Waals surface area contributed by atoms with E-state index in [2.05, 4.69) is 19.2 Å². The highest BCUT2D eigenvalue weighted by molar-refractivity contribution is 6.23. The van der Waals surface area contributed by atoms with Crippen LogP contribution >= 0.6 is 23.2 Å². The number of alkyl halides is 2. The van der Waals surface area contributed by atoms with E-state index in [1.807, 2.05) is 0 Å². The van der Waals surface area contributed by atoms with Gasteiger partial charge < -0.3 is 4.74 Å². The Morgan fingerprint density at radius 3 is 2.55 bits per heavy atom. The smallest absolute Gasteiger partial charge is 0.127 e. The third-order valence-corrected chi connectivity index (χ3v) is 2.26. The van der Waals surface area contributed by atoms with Crippen LogP contribution in [0.4, 0.5) is 0 Å². The summed E-state index contributed by atoms with van der Waals surface area (Å²) in [6, 6.07) is 0. The van der Waals surface area contributed by atoms with E-state index < -0.39 is 0 Å². The summed E-state index contributed by atoms with van der Waals surface area (Å²) >= 11 is 11.6. The van der Waals surface area contributed by atoms with Crippen LogP contribution in [0.1, 0.15) is 13.8 Å². The van der Waals surface area contributed by atoms with Gasteiger partial charge in [0.15, 0.2) is 0 Å².